The second-order valence-corrected chi connectivity index (χ2v) is 5.82. The Morgan fingerprint density at radius 3 is 2.28 bits per heavy atom. The van der Waals surface area contributed by atoms with Gasteiger partial charge in [-0.3, -0.25) is 4.90 Å². The van der Waals surface area contributed by atoms with Crippen molar-refractivity contribution >= 4 is 12.4 Å². The summed E-state index contributed by atoms with van der Waals surface area (Å²) in [6.07, 6.45) is 1.10. The van der Waals surface area contributed by atoms with Crippen LogP contribution in [0.15, 0.2) is 12.1 Å². The van der Waals surface area contributed by atoms with Gasteiger partial charge in [0.25, 0.3) is 0 Å². The van der Waals surface area contributed by atoms with Crippen molar-refractivity contribution in [3.63, 3.8) is 0 Å². The SMILES string of the molecule is CC(C)(C)N1CCc2cc3c(cc2C1)OCO3.Cl. The van der Waals surface area contributed by atoms with Gasteiger partial charge in [0.15, 0.2) is 11.5 Å². The van der Waals surface area contributed by atoms with E-state index >= 15 is 0 Å². The van der Waals surface area contributed by atoms with E-state index in [1.807, 2.05) is 0 Å². The molecular weight excluding hydrogens is 250 g/mol. The lowest BCUT2D eigenvalue weighted by molar-refractivity contribution is 0.120. The molecule has 1 aromatic rings. The van der Waals surface area contributed by atoms with E-state index in [9.17, 15) is 0 Å². The van der Waals surface area contributed by atoms with Crippen LogP contribution in [-0.4, -0.2) is 23.8 Å². The van der Waals surface area contributed by atoms with Crippen LogP contribution in [0.4, 0.5) is 0 Å². The predicted molar refractivity (Wildman–Crippen MR) is 73.7 cm³/mol. The van der Waals surface area contributed by atoms with Crippen molar-refractivity contribution in [2.24, 2.45) is 0 Å². The Bertz CT molecular complexity index is 454. The highest BCUT2D eigenvalue weighted by molar-refractivity contribution is 5.85. The fourth-order valence-corrected chi connectivity index (χ4v) is 2.52. The van der Waals surface area contributed by atoms with Crippen molar-refractivity contribution in [1.29, 1.82) is 0 Å². The average molecular weight is 270 g/mol. The summed E-state index contributed by atoms with van der Waals surface area (Å²) in [5, 5.41) is 0. The molecule has 0 fully saturated rings. The molecule has 0 atom stereocenters. The molecule has 2 aliphatic heterocycles. The number of rotatable bonds is 0. The van der Waals surface area contributed by atoms with Crippen molar-refractivity contribution in [3.05, 3.63) is 23.3 Å². The van der Waals surface area contributed by atoms with E-state index < -0.39 is 0 Å². The lowest BCUT2D eigenvalue weighted by Crippen LogP contribution is -2.44. The number of ether oxygens (including phenoxy) is 2. The highest BCUT2D eigenvalue weighted by Gasteiger charge is 2.27. The lowest BCUT2D eigenvalue weighted by Gasteiger charge is -2.39. The van der Waals surface area contributed by atoms with Crippen LogP contribution in [0.2, 0.25) is 0 Å². The van der Waals surface area contributed by atoms with Gasteiger partial charge in [-0.25, -0.2) is 0 Å². The molecule has 18 heavy (non-hydrogen) atoms. The third-order valence-corrected chi connectivity index (χ3v) is 3.66. The Morgan fingerprint density at radius 2 is 1.67 bits per heavy atom. The number of fused-ring (bicyclic) bond motifs is 2. The maximum Gasteiger partial charge on any atom is 0.231 e. The van der Waals surface area contributed by atoms with Crippen molar-refractivity contribution in [3.8, 4) is 11.5 Å². The Labute approximate surface area is 114 Å². The molecule has 0 unspecified atom stereocenters. The van der Waals surface area contributed by atoms with Gasteiger partial charge in [-0.2, -0.15) is 0 Å². The van der Waals surface area contributed by atoms with Crippen LogP contribution in [0.5, 0.6) is 11.5 Å². The fourth-order valence-electron chi connectivity index (χ4n) is 2.52. The molecule has 3 nitrogen and oxygen atoms in total. The van der Waals surface area contributed by atoms with E-state index in [-0.39, 0.29) is 17.9 Å². The summed E-state index contributed by atoms with van der Waals surface area (Å²) >= 11 is 0. The quantitative estimate of drug-likeness (QED) is 0.723. The first-order valence-electron chi connectivity index (χ1n) is 6.20. The predicted octanol–water partition coefficient (Wildman–Crippen LogP) is 2.99. The molecule has 4 heteroatoms. The second-order valence-electron chi connectivity index (χ2n) is 5.82. The van der Waals surface area contributed by atoms with E-state index in [0.29, 0.717) is 6.79 Å². The molecule has 2 heterocycles. The van der Waals surface area contributed by atoms with Crippen molar-refractivity contribution in [2.75, 3.05) is 13.3 Å². The molecule has 0 N–H and O–H groups in total. The molecule has 3 rings (SSSR count). The lowest BCUT2D eigenvalue weighted by atomic mass is 9.94. The monoisotopic (exact) mass is 269 g/mol. The van der Waals surface area contributed by atoms with Gasteiger partial charge in [0.2, 0.25) is 6.79 Å². The van der Waals surface area contributed by atoms with Crippen LogP contribution in [-0.2, 0) is 13.0 Å². The average Bonchev–Trinajstić information content (AvgIpc) is 2.70. The molecule has 2 aliphatic rings. The molecule has 0 saturated carbocycles. The third-order valence-electron chi connectivity index (χ3n) is 3.66. The number of benzene rings is 1. The largest absolute Gasteiger partial charge is 0.454 e. The summed E-state index contributed by atoms with van der Waals surface area (Å²) in [7, 11) is 0. The molecule has 0 aliphatic carbocycles. The van der Waals surface area contributed by atoms with Crippen molar-refractivity contribution < 1.29 is 9.47 Å². The Balaban J connectivity index is 0.00000120. The van der Waals surface area contributed by atoms with Crippen LogP contribution in [0, 0.1) is 0 Å². The van der Waals surface area contributed by atoms with Crippen molar-refractivity contribution in [2.45, 2.75) is 39.3 Å². The van der Waals surface area contributed by atoms with E-state index in [1.165, 1.54) is 11.1 Å². The van der Waals surface area contributed by atoms with Gasteiger partial charge >= 0.3 is 0 Å². The second kappa shape index (κ2) is 4.63. The smallest absolute Gasteiger partial charge is 0.231 e. The molecule has 0 aromatic heterocycles. The van der Waals surface area contributed by atoms with Crippen LogP contribution in [0.1, 0.15) is 31.9 Å². The number of nitrogens with zero attached hydrogens (tertiary/aromatic N) is 1. The highest BCUT2D eigenvalue weighted by atomic mass is 35.5. The van der Waals surface area contributed by atoms with Crippen LogP contribution in [0.25, 0.3) is 0 Å². The van der Waals surface area contributed by atoms with Gasteiger partial charge in [0.05, 0.1) is 0 Å². The van der Waals surface area contributed by atoms with Gasteiger partial charge < -0.3 is 9.47 Å². The summed E-state index contributed by atoms with van der Waals surface area (Å²) in [6, 6.07) is 4.30. The van der Waals surface area contributed by atoms with Crippen molar-refractivity contribution in [1.82, 2.24) is 4.90 Å². The van der Waals surface area contributed by atoms with Gasteiger partial charge in [0.1, 0.15) is 0 Å². The van der Waals surface area contributed by atoms with Crippen LogP contribution >= 0.6 is 12.4 Å². The van der Waals surface area contributed by atoms with Gasteiger partial charge in [-0.05, 0) is 50.5 Å². The Hall–Kier alpha value is -0.930. The summed E-state index contributed by atoms with van der Waals surface area (Å²) < 4.78 is 10.9. The van der Waals surface area contributed by atoms with E-state index in [2.05, 4.69) is 37.8 Å². The van der Waals surface area contributed by atoms with E-state index in [4.69, 9.17) is 9.47 Å². The minimum Gasteiger partial charge on any atom is -0.454 e. The zero-order chi connectivity index (χ0) is 12.0. The minimum absolute atomic E-state index is 0. The first-order valence-corrected chi connectivity index (χ1v) is 6.20. The Kier molecular flexibility index (Phi) is 3.47. The van der Waals surface area contributed by atoms with Gasteiger partial charge in [-0.15, -0.1) is 12.4 Å². The first kappa shape index (κ1) is 13.5. The molecule has 1 aromatic carbocycles. The Morgan fingerprint density at radius 1 is 1.06 bits per heavy atom. The summed E-state index contributed by atoms with van der Waals surface area (Å²) in [5.74, 6) is 1.81. The van der Waals surface area contributed by atoms with Gasteiger partial charge in [0, 0.05) is 18.6 Å². The molecule has 0 spiro atoms. The standard InChI is InChI=1S/C14H19NO2.ClH/c1-14(2,3)15-5-4-10-6-12-13(17-9-16-12)7-11(10)8-15;/h6-7H,4-5,8-9H2,1-3H3;1H. The third kappa shape index (κ3) is 2.29. The maximum atomic E-state index is 5.44. The topological polar surface area (TPSA) is 21.7 Å². The molecule has 100 valence electrons. The first-order chi connectivity index (χ1) is 8.04. The summed E-state index contributed by atoms with van der Waals surface area (Å²) in [5.41, 5.74) is 3.03. The van der Waals surface area contributed by atoms with Gasteiger partial charge in [-0.1, -0.05) is 0 Å². The zero-order valence-corrected chi connectivity index (χ0v) is 12.0. The summed E-state index contributed by atoms with van der Waals surface area (Å²) in [4.78, 5) is 2.51. The molecular formula is C14H20ClNO2. The molecule has 0 bridgehead atoms. The van der Waals surface area contributed by atoms with E-state index in [1.54, 1.807) is 0 Å². The minimum atomic E-state index is 0. The normalized spacial score (nSPS) is 18.2. The van der Waals surface area contributed by atoms with Crippen LogP contribution < -0.4 is 9.47 Å². The molecule has 0 saturated heterocycles. The molecule has 0 amide bonds. The number of halogens is 1. The van der Waals surface area contributed by atoms with Crippen LogP contribution in [0.3, 0.4) is 0 Å². The number of hydrogen-bond donors (Lipinski definition) is 0. The summed E-state index contributed by atoms with van der Waals surface area (Å²) in [6.45, 7) is 9.30. The van der Waals surface area contributed by atoms with E-state index in [0.717, 1.165) is 31.0 Å². The maximum absolute atomic E-state index is 5.44. The fraction of sp³-hybridized carbons (Fsp3) is 0.571. The zero-order valence-electron chi connectivity index (χ0n) is 11.2. The molecule has 0 radical (unpaired) electrons. The number of hydrogen-bond acceptors (Lipinski definition) is 3. The highest BCUT2D eigenvalue weighted by Crippen LogP contribution is 2.37.